The van der Waals surface area contributed by atoms with Crippen molar-refractivity contribution in [1.82, 2.24) is 8.88 Å². The first kappa shape index (κ1) is 40.3. The molecule has 28 heteroatoms. The average Bonchev–Trinajstić information content (AvgIpc) is 2.87. The number of nitrogens with zero attached hydrogens (tertiary/aromatic N) is 8. The molecule has 45 heavy (non-hydrogen) atoms. The highest BCUT2D eigenvalue weighted by Gasteiger charge is 2.73. The monoisotopic (exact) mass is 888 g/mol. The molecule has 0 unspecified atom stereocenters. The second kappa shape index (κ2) is 14.2. The lowest BCUT2D eigenvalue weighted by Crippen LogP contribution is -2.58. The Hall–Kier alpha value is 2.54. The van der Waals surface area contributed by atoms with E-state index in [1.54, 1.807) is 0 Å². The Morgan fingerprint density at radius 3 is 1.64 bits per heavy atom. The van der Waals surface area contributed by atoms with E-state index in [0.717, 1.165) is 25.7 Å². The number of hydrogen-bond acceptors (Lipinski definition) is 10. The Balaban J connectivity index is 2.09. The van der Waals surface area contributed by atoms with Crippen LogP contribution in [0.4, 0.5) is 26.3 Å². The van der Waals surface area contributed by atoms with Gasteiger partial charge >= 0.3 is 24.6 Å². The van der Waals surface area contributed by atoms with Gasteiger partial charge in [-0.15, -0.1) is 0 Å². The van der Waals surface area contributed by atoms with Crippen molar-refractivity contribution in [2.45, 2.75) is 83.0 Å². The van der Waals surface area contributed by atoms with Gasteiger partial charge in [0.2, 0.25) is 14.2 Å². The second-order valence-electron chi connectivity index (χ2n) is 10.3. The molecule has 0 saturated heterocycles. The molecule has 0 aromatic heterocycles. The highest BCUT2D eigenvalue weighted by Crippen LogP contribution is 2.99. The SMILES string of the molecule is CCCCCCN1[P@@]2(Cl)=N[P@]3(=N[P@@](Cl)(=N2)OCC(F)(F)C(F)(F)C(F)(F)CO3)N(CCCCCC)[P@]12=NP(Cl)(Cl)=NP(Cl)(Cl)=N2. The number of unbranched alkanes of at least 4 members (excludes halogenated alkanes) is 6. The summed E-state index contributed by atoms with van der Waals surface area (Å²) in [5.74, 6) is -24.2. The summed E-state index contributed by atoms with van der Waals surface area (Å²) in [6.07, 6.45) is 5.32. The Kier molecular flexibility index (Phi) is 12.7. The van der Waals surface area contributed by atoms with Gasteiger partial charge in [-0.2, -0.15) is 62.3 Å². The Bertz CT molecular complexity index is 1520. The molecule has 0 amide bonds. The van der Waals surface area contributed by atoms with E-state index in [9.17, 15) is 17.6 Å². The molecule has 0 aliphatic carbocycles. The molecule has 2 spiro atoms. The summed E-state index contributed by atoms with van der Waals surface area (Å²) in [6, 6.07) is 0. The van der Waals surface area contributed by atoms with E-state index < -0.39 is 71.4 Å². The molecule has 0 aromatic rings. The fraction of sp³-hybridized carbons (Fsp3) is 1.00. The van der Waals surface area contributed by atoms with Crippen LogP contribution < -0.4 is 0 Å². The van der Waals surface area contributed by atoms with Crippen molar-refractivity contribution in [2.24, 2.45) is 27.1 Å². The van der Waals surface area contributed by atoms with Gasteiger partial charge < -0.3 is 9.05 Å². The lowest BCUT2D eigenvalue weighted by atomic mass is 10.1. The van der Waals surface area contributed by atoms with Crippen molar-refractivity contribution >= 4 is 108 Å². The van der Waals surface area contributed by atoms with Gasteiger partial charge in [0.25, 0.3) is 19.4 Å². The predicted molar refractivity (Wildman–Crippen MR) is 180 cm³/mol. The van der Waals surface area contributed by atoms with Gasteiger partial charge in [0, 0.05) is 13.1 Å². The number of fused-ring (bicyclic) bond motifs is 1. The Morgan fingerprint density at radius 2 is 1.11 bits per heavy atom. The summed E-state index contributed by atoms with van der Waals surface area (Å²) in [5, 5.41) is 0. The average molecular weight is 891 g/mol. The largest absolute Gasteiger partial charge is 0.376 e. The third kappa shape index (κ3) is 8.13. The van der Waals surface area contributed by atoms with Gasteiger partial charge in [-0.1, -0.05) is 52.4 Å². The van der Waals surface area contributed by atoms with Crippen molar-refractivity contribution < 1.29 is 35.4 Å². The highest BCUT2D eigenvalue weighted by molar-refractivity contribution is 8.21. The molecule has 0 N–H and O–H groups in total. The normalized spacial score (nSPS) is 38.0. The van der Waals surface area contributed by atoms with Crippen molar-refractivity contribution in [1.29, 1.82) is 0 Å². The molecule has 264 valence electrons. The smallest absolute Gasteiger partial charge is 0.309 e. The molecule has 0 aromatic carbocycles. The van der Waals surface area contributed by atoms with Crippen molar-refractivity contribution in [3.8, 4) is 0 Å². The molecule has 3 bridgehead atoms. The molecule has 4 aliphatic heterocycles. The van der Waals surface area contributed by atoms with Crippen LogP contribution in [0.5, 0.6) is 0 Å². The summed E-state index contributed by atoms with van der Waals surface area (Å²) in [6.45, 7) is -9.06. The van der Waals surface area contributed by atoms with Gasteiger partial charge in [0.1, 0.15) is 13.2 Å². The number of halogens is 12. The van der Waals surface area contributed by atoms with Crippen LogP contribution in [0, 0.1) is 0 Å². The van der Waals surface area contributed by atoms with E-state index in [0.29, 0.717) is 25.7 Å². The van der Waals surface area contributed by atoms with Crippen LogP contribution in [-0.4, -0.2) is 53.0 Å². The fourth-order valence-corrected chi connectivity index (χ4v) is 39.4. The Morgan fingerprint density at radius 1 is 0.600 bits per heavy atom. The van der Waals surface area contributed by atoms with E-state index in [2.05, 4.69) is 27.1 Å². The van der Waals surface area contributed by atoms with Gasteiger partial charge in [-0.25, -0.2) is 0 Å². The lowest BCUT2D eigenvalue weighted by Gasteiger charge is -2.52. The maximum absolute atomic E-state index is 15.0. The lowest BCUT2D eigenvalue weighted by molar-refractivity contribution is -0.319. The molecule has 4 aliphatic rings. The van der Waals surface area contributed by atoms with Crippen LogP contribution >= 0.6 is 108 Å². The Labute approximate surface area is 287 Å². The number of hydrogen-bond donors (Lipinski definition) is 0. The van der Waals surface area contributed by atoms with Crippen LogP contribution in [0.2, 0.25) is 0 Å². The van der Waals surface area contributed by atoms with Crippen LogP contribution in [0.15, 0.2) is 27.1 Å². The summed E-state index contributed by atoms with van der Waals surface area (Å²) in [7, 11) is -8.46. The maximum Gasteiger partial charge on any atom is 0.376 e. The summed E-state index contributed by atoms with van der Waals surface area (Å²) in [5.41, 5.74) is 0. The third-order valence-corrected chi connectivity index (χ3v) is 33.1. The minimum absolute atomic E-state index is 0.0549. The maximum atomic E-state index is 15.0. The van der Waals surface area contributed by atoms with Crippen LogP contribution in [0.3, 0.4) is 0 Å². The van der Waals surface area contributed by atoms with Crippen molar-refractivity contribution in [3.05, 3.63) is 0 Å². The second-order valence-corrected chi connectivity index (χ2v) is 32.9. The van der Waals surface area contributed by atoms with Gasteiger partial charge in [0.15, 0.2) is 0 Å². The van der Waals surface area contributed by atoms with E-state index in [-0.39, 0.29) is 13.1 Å². The number of rotatable bonds is 10. The van der Waals surface area contributed by atoms with Gasteiger partial charge in [-0.3, -0.25) is 0 Å². The zero-order valence-corrected chi connectivity index (χ0v) is 33.5. The fourth-order valence-electron chi connectivity index (χ4n) is 4.59. The third-order valence-electron chi connectivity index (χ3n) is 6.74. The van der Waals surface area contributed by atoms with E-state index in [4.69, 9.17) is 76.5 Å². The first-order valence-electron chi connectivity index (χ1n) is 13.5. The van der Waals surface area contributed by atoms with Crippen LogP contribution in [0.25, 0.3) is 0 Å². The molecular weight excluding hydrogens is 861 g/mol. The molecule has 4 atom stereocenters. The standard InChI is InChI=1S/C17H30Cl6F6N8O2P6/c1-3-5-7-9-11-36-42(22)33-43(23)35-45(34-42,39-14-16(26,27)17(28,29)15(24,25)13-38-43)37(12-10-8-6-4-2)44(36)31-40(18,19)30-41(20,21)32-44/h3-14H2,1-2H3/t42-,43-,45+/m1/s1. The zero-order valence-electron chi connectivity index (χ0n) is 23.6. The molecule has 4 heterocycles. The van der Waals surface area contributed by atoms with Gasteiger partial charge in [0.05, 0.1) is 0 Å². The minimum Gasteiger partial charge on any atom is -0.309 e. The molecule has 10 nitrogen and oxygen atoms in total. The molecule has 0 radical (unpaired) electrons. The predicted octanol–water partition coefficient (Wildman–Crippen LogP) is 15.9. The van der Waals surface area contributed by atoms with Gasteiger partial charge in [-0.05, 0) is 80.3 Å². The van der Waals surface area contributed by atoms with Crippen LogP contribution in [0.1, 0.15) is 65.2 Å². The minimum atomic E-state index is -5.92. The first-order valence-corrected chi connectivity index (χ1v) is 28.8. The van der Waals surface area contributed by atoms with Crippen molar-refractivity contribution in [3.63, 3.8) is 0 Å². The highest BCUT2D eigenvalue weighted by atomic mass is 35.9. The molecule has 4 rings (SSSR count). The zero-order chi connectivity index (χ0) is 33.8. The van der Waals surface area contributed by atoms with E-state index >= 15 is 8.78 Å². The summed E-state index contributed by atoms with van der Waals surface area (Å²) >= 11 is 40.1. The summed E-state index contributed by atoms with van der Waals surface area (Å²) in [4.78, 5) is 0. The number of alkyl halides is 6. The molecule has 0 fully saturated rings. The molecular formula is C17H30Cl6F6N8O2P6. The quantitative estimate of drug-likeness (QED) is 0.124. The van der Waals surface area contributed by atoms with Crippen LogP contribution in [-0.2, 0) is 9.05 Å². The molecule has 0 saturated carbocycles. The first-order chi connectivity index (χ1) is 20.5. The van der Waals surface area contributed by atoms with E-state index in [1.807, 2.05) is 13.8 Å². The summed E-state index contributed by atoms with van der Waals surface area (Å²) < 4.78 is 129. The van der Waals surface area contributed by atoms with Crippen molar-refractivity contribution in [2.75, 3.05) is 26.3 Å². The topological polar surface area (TPSA) is 99.1 Å². The van der Waals surface area contributed by atoms with E-state index in [1.165, 1.54) is 8.88 Å².